The molecule has 0 spiro atoms. The van der Waals surface area contributed by atoms with Gasteiger partial charge in [-0.3, -0.25) is 14.9 Å². The predicted octanol–water partition coefficient (Wildman–Crippen LogP) is 1.90. The fourth-order valence-corrected chi connectivity index (χ4v) is 2.94. The largest absolute Gasteiger partial charge is 0.452 e. The number of hydrogen-bond donors (Lipinski definition) is 1. The molecule has 2 aromatic carbocycles. The highest BCUT2D eigenvalue weighted by molar-refractivity contribution is 5.97. The van der Waals surface area contributed by atoms with Gasteiger partial charge in [-0.1, -0.05) is 30.3 Å². The zero-order valence-corrected chi connectivity index (χ0v) is 15.7. The molecule has 1 aliphatic rings. The minimum Gasteiger partial charge on any atom is -0.452 e. The molecular weight excluding hydrogens is 378 g/mol. The van der Waals surface area contributed by atoms with E-state index in [0.717, 1.165) is 5.56 Å². The van der Waals surface area contributed by atoms with Crippen molar-refractivity contribution < 1.29 is 24.0 Å². The monoisotopic (exact) mass is 399 g/mol. The summed E-state index contributed by atoms with van der Waals surface area (Å²) in [6, 6.07) is 13.4. The second kappa shape index (κ2) is 9.65. The molecule has 0 bridgehead atoms. The van der Waals surface area contributed by atoms with Crippen LogP contribution in [0.4, 0.5) is 11.4 Å². The van der Waals surface area contributed by atoms with Crippen molar-refractivity contribution in [2.75, 3.05) is 37.8 Å². The SMILES string of the molecule is O=C(COC(=O)c1cc([N+](=O)[O-])ccc1N1CCOCC1)NCc1ccccc1. The highest BCUT2D eigenvalue weighted by Gasteiger charge is 2.23. The van der Waals surface area contributed by atoms with Gasteiger partial charge in [0.15, 0.2) is 6.61 Å². The molecule has 0 atom stereocenters. The first-order valence-electron chi connectivity index (χ1n) is 9.13. The number of nitrogens with one attached hydrogen (secondary N) is 1. The number of nitro benzene ring substituents is 1. The average molecular weight is 399 g/mol. The number of amides is 1. The summed E-state index contributed by atoms with van der Waals surface area (Å²) in [6.07, 6.45) is 0. The Bertz CT molecular complexity index is 881. The minimum absolute atomic E-state index is 0.0527. The molecule has 1 aliphatic heterocycles. The molecule has 0 radical (unpaired) electrons. The Morgan fingerprint density at radius 3 is 2.55 bits per heavy atom. The molecular formula is C20H21N3O6. The van der Waals surface area contributed by atoms with Crippen molar-refractivity contribution in [1.29, 1.82) is 0 Å². The molecule has 152 valence electrons. The molecule has 29 heavy (non-hydrogen) atoms. The minimum atomic E-state index is -0.787. The van der Waals surface area contributed by atoms with Crippen molar-refractivity contribution in [3.05, 3.63) is 69.8 Å². The van der Waals surface area contributed by atoms with E-state index in [9.17, 15) is 19.7 Å². The lowest BCUT2D eigenvalue weighted by molar-refractivity contribution is -0.384. The lowest BCUT2D eigenvalue weighted by Gasteiger charge is -2.30. The zero-order chi connectivity index (χ0) is 20.6. The van der Waals surface area contributed by atoms with E-state index in [1.165, 1.54) is 18.2 Å². The number of nitro groups is 1. The third kappa shape index (κ3) is 5.52. The Balaban J connectivity index is 1.65. The molecule has 1 N–H and O–H groups in total. The topological polar surface area (TPSA) is 111 Å². The van der Waals surface area contributed by atoms with Gasteiger partial charge in [-0.2, -0.15) is 0 Å². The molecule has 3 rings (SSSR count). The molecule has 1 heterocycles. The lowest BCUT2D eigenvalue weighted by Crippen LogP contribution is -2.37. The summed E-state index contributed by atoms with van der Waals surface area (Å²) in [5.41, 5.74) is 1.27. The summed E-state index contributed by atoms with van der Waals surface area (Å²) in [4.78, 5) is 37.0. The molecule has 9 heteroatoms. The van der Waals surface area contributed by atoms with Crippen LogP contribution in [-0.2, 0) is 20.8 Å². The maximum Gasteiger partial charge on any atom is 0.341 e. The van der Waals surface area contributed by atoms with E-state index in [2.05, 4.69) is 5.32 Å². The van der Waals surface area contributed by atoms with Crippen LogP contribution in [0.1, 0.15) is 15.9 Å². The number of nitrogens with zero attached hydrogens (tertiary/aromatic N) is 2. The first-order valence-corrected chi connectivity index (χ1v) is 9.13. The summed E-state index contributed by atoms with van der Waals surface area (Å²) in [5, 5.41) is 13.8. The Labute approximate surface area is 167 Å². The molecule has 1 fully saturated rings. The lowest BCUT2D eigenvalue weighted by atomic mass is 10.1. The number of morpholine rings is 1. The standard InChI is InChI=1S/C20H21N3O6/c24-19(21-13-15-4-2-1-3-5-15)14-29-20(25)17-12-16(23(26)27)6-7-18(17)22-8-10-28-11-9-22/h1-7,12H,8-11,13-14H2,(H,21,24). The molecule has 0 unspecified atom stereocenters. The van der Waals surface area contributed by atoms with Gasteiger partial charge in [-0.15, -0.1) is 0 Å². The van der Waals surface area contributed by atoms with Crippen molar-refractivity contribution in [3.63, 3.8) is 0 Å². The molecule has 0 aromatic heterocycles. The van der Waals surface area contributed by atoms with Gasteiger partial charge in [-0.05, 0) is 11.6 Å². The average Bonchev–Trinajstić information content (AvgIpc) is 2.77. The molecule has 0 saturated carbocycles. The van der Waals surface area contributed by atoms with Crippen LogP contribution < -0.4 is 10.2 Å². The van der Waals surface area contributed by atoms with E-state index in [1.807, 2.05) is 35.2 Å². The summed E-state index contributed by atoms with van der Waals surface area (Å²) in [5.74, 6) is -1.24. The molecule has 1 amide bonds. The van der Waals surface area contributed by atoms with Gasteiger partial charge in [0.05, 0.1) is 29.4 Å². The number of carbonyl (C=O) groups is 2. The smallest absolute Gasteiger partial charge is 0.341 e. The van der Waals surface area contributed by atoms with Crippen molar-refractivity contribution in [2.45, 2.75) is 6.54 Å². The number of hydrogen-bond acceptors (Lipinski definition) is 7. The molecule has 1 saturated heterocycles. The van der Waals surface area contributed by atoms with Crippen LogP contribution in [0.2, 0.25) is 0 Å². The normalized spacial score (nSPS) is 13.6. The van der Waals surface area contributed by atoms with E-state index in [0.29, 0.717) is 38.5 Å². The molecule has 2 aromatic rings. The van der Waals surface area contributed by atoms with Crippen molar-refractivity contribution >= 4 is 23.3 Å². The van der Waals surface area contributed by atoms with Crippen LogP contribution in [0, 0.1) is 10.1 Å². The number of rotatable bonds is 7. The van der Waals surface area contributed by atoms with Gasteiger partial charge in [-0.25, -0.2) is 4.79 Å². The molecule has 9 nitrogen and oxygen atoms in total. The van der Waals surface area contributed by atoms with Crippen molar-refractivity contribution in [3.8, 4) is 0 Å². The highest BCUT2D eigenvalue weighted by Crippen LogP contribution is 2.27. The van der Waals surface area contributed by atoms with Crippen LogP contribution in [0.25, 0.3) is 0 Å². The fourth-order valence-electron chi connectivity index (χ4n) is 2.94. The van der Waals surface area contributed by atoms with E-state index in [1.54, 1.807) is 0 Å². The zero-order valence-electron chi connectivity index (χ0n) is 15.7. The van der Waals surface area contributed by atoms with Crippen molar-refractivity contribution in [1.82, 2.24) is 5.32 Å². The fraction of sp³-hybridized carbons (Fsp3) is 0.300. The van der Waals surface area contributed by atoms with Crippen LogP contribution in [0.15, 0.2) is 48.5 Å². The first-order chi connectivity index (χ1) is 14.0. The summed E-state index contributed by atoms with van der Waals surface area (Å²) < 4.78 is 10.4. The van der Waals surface area contributed by atoms with Gasteiger partial charge in [0.2, 0.25) is 0 Å². The summed E-state index contributed by atoms with van der Waals surface area (Å²) in [7, 11) is 0. The number of esters is 1. The van der Waals surface area contributed by atoms with Crippen LogP contribution in [0.5, 0.6) is 0 Å². The Kier molecular flexibility index (Phi) is 6.75. The predicted molar refractivity (Wildman–Crippen MR) is 105 cm³/mol. The summed E-state index contributed by atoms with van der Waals surface area (Å²) in [6.45, 7) is 1.93. The second-order valence-corrected chi connectivity index (χ2v) is 6.40. The van der Waals surface area contributed by atoms with E-state index in [4.69, 9.17) is 9.47 Å². The van der Waals surface area contributed by atoms with Crippen LogP contribution in [0.3, 0.4) is 0 Å². The van der Waals surface area contributed by atoms with Gasteiger partial charge < -0.3 is 19.7 Å². The van der Waals surface area contributed by atoms with Gasteiger partial charge in [0.1, 0.15) is 0 Å². The second-order valence-electron chi connectivity index (χ2n) is 6.40. The number of anilines is 1. The maximum atomic E-state index is 12.6. The third-order valence-corrected chi connectivity index (χ3v) is 4.43. The van der Waals surface area contributed by atoms with E-state index in [-0.39, 0.29) is 11.3 Å². The number of ether oxygens (including phenoxy) is 2. The first kappa shape index (κ1) is 20.3. The van der Waals surface area contributed by atoms with Gasteiger partial charge in [0.25, 0.3) is 11.6 Å². The quantitative estimate of drug-likeness (QED) is 0.430. The summed E-state index contributed by atoms with van der Waals surface area (Å²) >= 11 is 0. The van der Waals surface area contributed by atoms with E-state index >= 15 is 0 Å². The number of carbonyl (C=O) groups excluding carboxylic acids is 2. The number of non-ortho nitro benzene ring substituents is 1. The van der Waals surface area contributed by atoms with Gasteiger partial charge >= 0.3 is 5.97 Å². The van der Waals surface area contributed by atoms with Crippen LogP contribution in [-0.4, -0.2) is 49.7 Å². The maximum absolute atomic E-state index is 12.6. The van der Waals surface area contributed by atoms with Gasteiger partial charge in [0, 0.05) is 31.8 Å². The van der Waals surface area contributed by atoms with E-state index < -0.39 is 23.4 Å². The van der Waals surface area contributed by atoms with Crippen molar-refractivity contribution in [2.24, 2.45) is 0 Å². The number of benzene rings is 2. The third-order valence-electron chi connectivity index (χ3n) is 4.43. The molecule has 0 aliphatic carbocycles. The Morgan fingerprint density at radius 1 is 1.14 bits per heavy atom. The Hall–Kier alpha value is -3.46. The Morgan fingerprint density at radius 2 is 1.86 bits per heavy atom. The highest BCUT2D eigenvalue weighted by atomic mass is 16.6. The van der Waals surface area contributed by atoms with Crippen LogP contribution >= 0.6 is 0 Å².